The first-order valence-electron chi connectivity index (χ1n) is 8.01. The van der Waals surface area contributed by atoms with Crippen molar-refractivity contribution < 1.29 is 4.42 Å². The van der Waals surface area contributed by atoms with Crippen LogP contribution in [0.3, 0.4) is 0 Å². The molecule has 0 aliphatic carbocycles. The summed E-state index contributed by atoms with van der Waals surface area (Å²) in [7, 11) is 2.05. The third kappa shape index (κ3) is 2.46. The Labute approximate surface area is 139 Å². The molecule has 0 saturated heterocycles. The number of likely N-dealkylation sites (N-methyl/N-ethyl adjacent to an activating group) is 1. The monoisotopic (exact) mass is 318 g/mol. The molecule has 0 aliphatic rings. The van der Waals surface area contributed by atoms with Gasteiger partial charge >= 0.3 is 5.76 Å². The number of nitrogens with zero attached hydrogens (tertiary/aromatic N) is 2. The summed E-state index contributed by atoms with van der Waals surface area (Å²) in [5.41, 5.74) is 2.64. The van der Waals surface area contributed by atoms with E-state index < -0.39 is 0 Å². The molecule has 0 saturated carbocycles. The average molecular weight is 318 g/mol. The fourth-order valence-electron chi connectivity index (χ4n) is 3.14. The average Bonchev–Trinajstić information content (AvgIpc) is 2.94. The maximum atomic E-state index is 12.1. The Hall–Kier alpha value is -3.01. The van der Waals surface area contributed by atoms with Crippen LogP contribution in [0.25, 0.3) is 21.9 Å². The number of rotatable bonds is 4. The van der Waals surface area contributed by atoms with Gasteiger partial charge in [0.2, 0.25) is 0 Å². The van der Waals surface area contributed by atoms with E-state index in [9.17, 15) is 4.79 Å². The normalized spacial score (nSPS) is 11.2. The van der Waals surface area contributed by atoms with E-state index in [1.165, 1.54) is 10.8 Å². The predicted octanol–water partition coefficient (Wildman–Crippen LogP) is 3.88. The van der Waals surface area contributed by atoms with Crippen molar-refractivity contribution in [3.05, 3.63) is 77.3 Å². The molecule has 4 heteroatoms. The molecule has 0 amide bonds. The summed E-state index contributed by atoms with van der Waals surface area (Å²) in [6.45, 7) is 1.30. The van der Waals surface area contributed by atoms with Crippen molar-refractivity contribution >= 4 is 27.6 Å². The molecule has 120 valence electrons. The van der Waals surface area contributed by atoms with Gasteiger partial charge in [0, 0.05) is 31.2 Å². The van der Waals surface area contributed by atoms with Crippen LogP contribution in [0.1, 0.15) is 0 Å². The molecule has 0 atom stereocenters. The fourth-order valence-corrected chi connectivity index (χ4v) is 3.14. The van der Waals surface area contributed by atoms with Gasteiger partial charge in [-0.2, -0.15) is 0 Å². The SMILES string of the molecule is CN(CCn1c(=O)oc2ccccc21)c1cccc2ccccc12. The van der Waals surface area contributed by atoms with Crippen LogP contribution in [-0.4, -0.2) is 18.2 Å². The molecule has 0 radical (unpaired) electrons. The Morgan fingerprint density at radius 1 is 0.958 bits per heavy atom. The lowest BCUT2D eigenvalue weighted by Gasteiger charge is -2.21. The highest BCUT2D eigenvalue weighted by Gasteiger charge is 2.10. The van der Waals surface area contributed by atoms with E-state index in [0.29, 0.717) is 12.1 Å². The van der Waals surface area contributed by atoms with Crippen molar-refractivity contribution in [2.24, 2.45) is 0 Å². The van der Waals surface area contributed by atoms with Crippen molar-refractivity contribution in [1.29, 1.82) is 0 Å². The second-order valence-corrected chi connectivity index (χ2v) is 5.91. The molecule has 4 rings (SSSR count). The van der Waals surface area contributed by atoms with E-state index in [-0.39, 0.29) is 5.76 Å². The fraction of sp³-hybridized carbons (Fsp3) is 0.150. The second-order valence-electron chi connectivity index (χ2n) is 5.91. The topological polar surface area (TPSA) is 38.4 Å². The summed E-state index contributed by atoms with van der Waals surface area (Å²) in [6.07, 6.45) is 0. The molecule has 0 bridgehead atoms. The number of anilines is 1. The molecule has 4 aromatic rings. The van der Waals surface area contributed by atoms with Crippen LogP contribution < -0.4 is 10.7 Å². The largest absolute Gasteiger partial charge is 0.420 e. The molecule has 0 N–H and O–H groups in total. The highest BCUT2D eigenvalue weighted by molar-refractivity contribution is 5.94. The minimum absolute atomic E-state index is 0.303. The van der Waals surface area contributed by atoms with Gasteiger partial charge < -0.3 is 9.32 Å². The molecule has 0 aliphatic heterocycles. The van der Waals surface area contributed by atoms with E-state index in [2.05, 4.69) is 42.3 Å². The van der Waals surface area contributed by atoms with Crippen molar-refractivity contribution in [3.8, 4) is 0 Å². The zero-order valence-corrected chi connectivity index (χ0v) is 13.5. The zero-order chi connectivity index (χ0) is 16.5. The van der Waals surface area contributed by atoms with Gasteiger partial charge in [-0.25, -0.2) is 4.79 Å². The number of fused-ring (bicyclic) bond motifs is 2. The number of hydrogen-bond acceptors (Lipinski definition) is 3. The molecular weight excluding hydrogens is 300 g/mol. The van der Waals surface area contributed by atoms with Gasteiger partial charge in [-0.1, -0.05) is 48.5 Å². The van der Waals surface area contributed by atoms with Crippen molar-refractivity contribution in [2.45, 2.75) is 6.54 Å². The van der Waals surface area contributed by atoms with E-state index in [0.717, 1.165) is 17.7 Å². The molecule has 24 heavy (non-hydrogen) atoms. The van der Waals surface area contributed by atoms with Crippen LogP contribution in [0.5, 0.6) is 0 Å². The van der Waals surface area contributed by atoms with E-state index >= 15 is 0 Å². The minimum Gasteiger partial charge on any atom is -0.408 e. The molecule has 0 unspecified atom stereocenters. The van der Waals surface area contributed by atoms with Crippen LogP contribution >= 0.6 is 0 Å². The zero-order valence-electron chi connectivity index (χ0n) is 13.5. The maximum Gasteiger partial charge on any atom is 0.420 e. The van der Waals surface area contributed by atoms with Gasteiger partial charge in [-0.3, -0.25) is 4.57 Å². The molecular formula is C20H18N2O2. The summed E-state index contributed by atoms with van der Waals surface area (Å²) in [6, 6.07) is 22.1. The van der Waals surface area contributed by atoms with E-state index in [4.69, 9.17) is 4.42 Å². The molecule has 0 spiro atoms. The summed E-state index contributed by atoms with van der Waals surface area (Å²) < 4.78 is 6.99. The highest BCUT2D eigenvalue weighted by atomic mass is 16.4. The van der Waals surface area contributed by atoms with Crippen LogP contribution in [0.15, 0.2) is 75.9 Å². The summed E-state index contributed by atoms with van der Waals surface area (Å²) in [5, 5.41) is 2.43. The first-order valence-corrected chi connectivity index (χ1v) is 8.01. The van der Waals surface area contributed by atoms with E-state index in [1.807, 2.05) is 36.4 Å². The lowest BCUT2D eigenvalue weighted by Crippen LogP contribution is -2.26. The number of benzene rings is 3. The Balaban J connectivity index is 1.63. The summed E-state index contributed by atoms with van der Waals surface area (Å²) >= 11 is 0. The number of aromatic nitrogens is 1. The number of oxazole rings is 1. The summed E-state index contributed by atoms with van der Waals surface area (Å²) in [4.78, 5) is 14.3. The third-order valence-corrected chi connectivity index (χ3v) is 4.41. The Morgan fingerprint density at radius 3 is 2.62 bits per heavy atom. The minimum atomic E-state index is -0.303. The van der Waals surface area contributed by atoms with Crippen LogP contribution in [0, 0.1) is 0 Å². The molecule has 0 fully saturated rings. The Morgan fingerprint density at radius 2 is 1.71 bits per heavy atom. The second kappa shape index (κ2) is 5.89. The molecule has 3 aromatic carbocycles. The summed E-state index contributed by atoms with van der Waals surface area (Å²) in [5.74, 6) is -0.303. The van der Waals surface area contributed by atoms with Gasteiger partial charge in [-0.15, -0.1) is 0 Å². The lowest BCUT2D eigenvalue weighted by molar-refractivity contribution is 0.506. The highest BCUT2D eigenvalue weighted by Crippen LogP contribution is 2.25. The van der Waals surface area contributed by atoms with Crippen LogP contribution in [0.2, 0.25) is 0 Å². The molecule has 1 aromatic heterocycles. The predicted molar refractivity (Wildman–Crippen MR) is 97.7 cm³/mol. The Bertz CT molecular complexity index is 1060. The van der Waals surface area contributed by atoms with Gasteiger partial charge in [0.15, 0.2) is 5.58 Å². The smallest absolute Gasteiger partial charge is 0.408 e. The first-order chi connectivity index (χ1) is 11.7. The third-order valence-electron chi connectivity index (χ3n) is 4.41. The van der Waals surface area contributed by atoms with Crippen LogP contribution in [-0.2, 0) is 6.54 Å². The standard InChI is InChI=1S/C20H18N2O2/c1-21(17-11-6-8-15-7-2-3-9-16(15)17)13-14-22-18-10-4-5-12-19(18)24-20(22)23/h2-12H,13-14H2,1H3. The number of hydrogen-bond donors (Lipinski definition) is 0. The van der Waals surface area contributed by atoms with Crippen LogP contribution in [0.4, 0.5) is 5.69 Å². The lowest BCUT2D eigenvalue weighted by atomic mass is 10.1. The van der Waals surface area contributed by atoms with Gasteiger partial charge in [0.25, 0.3) is 0 Å². The maximum absolute atomic E-state index is 12.1. The van der Waals surface area contributed by atoms with Crippen molar-refractivity contribution in [1.82, 2.24) is 4.57 Å². The van der Waals surface area contributed by atoms with Gasteiger partial charge in [-0.05, 0) is 23.6 Å². The first kappa shape index (κ1) is 14.6. The molecule has 4 nitrogen and oxygen atoms in total. The van der Waals surface area contributed by atoms with Crippen molar-refractivity contribution in [3.63, 3.8) is 0 Å². The van der Waals surface area contributed by atoms with Gasteiger partial charge in [0.1, 0.15) is 0 Å². The van der Waals surface area contributed by atoms with Gasteiger partial charge in [0.05, 0.1) is 5.52 Å². The Kier molecular flexibility index (Phi) is 3.58. The van der Waals surface area contributed by atoms with E-state index in [1.54, 1.807) is 4.57 Å². The number of para-hydroxylation sites is 2. The molecule has 1 heterocycles. The van der Waals surface area contributed by atoms with Crippen molar-refractivity contribution in [2.75, 3.05) is 18.5 Å². The quantitative estimate of drug-likeness (QED) is 0.573.